The van der Waals surface area contributed by atoms with Gasteiger partial charge in [0, 0.05) is 32.6 Å². The van der Waals surface area contributed by atoms with Crippen LogP contribution in [0.2, 0.25) is 5.02 Å². The lowest BCUT2D eigenvalue weighted by Crippen LogP contribution is -2.39. The van der Waals surface area contributed by atoms with Crippen LogP contribution >= 0.6 is 11.6 Å². The van der Waals surface area contributed by atoms with E-state index >= 15 is 0 Å². The minimum atomic E-state index is 0.290. The topological polar surface area (TPSA) is 75.2 Å². The van der Waals surface area contributed by atoms with E-state index in [1.165, 1.54) is 0 Å². The Balaban J connectivity index is 1.50. The van der Waals surface area contributed by atoms with Gasteiger partial charge >= 0.3 is 0 Å². The molecule has 1 saturated heterocycles. The molecule has 0 aromatic heterocycles. The van der Waals surface area contributed by atoms with Crippen LogP contribution in [-0.2, 0) is 11.3 Å². The molecule has 0 radical (unpaired) electrons. The van der Waals surface area contributed by atoms with Crippen molar-refractivity contribution in [2.24, 2.45) is 4.99 Å². The summed E-state index contributed by atoms with van der Waals surface area (Å²) in [5, 5.41) is 7.15. The van der Waals surface area contributed by atoms with E-state index < -0.39 is 0 Å². The molecule has 29 heavy (non-hydrogen) atoms. The quantitative estimate of drug-likeness (QED) is 0.401. The summed E-state index contributed by atoms with van der Waals surface area (Å²) in [7, 11) is 0. The molecule has 1 aromatic carbocycles. The molecule has 0 spiro atoms. The van der Waals surface area contributed by atoms with E-state index in [-0.39, 0.29) is 0 Å². The average Bonchev–Trinajstić information content (AvgIpc) is 2.93. The van der Waals surface area contributed by atoms with Gasteiger partial charge in [0.15, 0.2) is 17.5 Å². The van der Waals surface area contributed by atoms with Crippen molar-refractivity contribution in [2.45, 2.75) is 45.6 Å². The SMILES string of the molecule is CCNC(=NCc1cc(Cl)c2c(c1)OCCO2)NCCCN1CCCCCC1=O. The molecule has 2 aliphatic heterocycles. The van der Waals surface area contributed by atoms with Crippen LogP contribution in [0, 0.1) is 0 Å². The first-order valence-electron chi connectivity index (χ1n) is 10.6. The van der Waals surface area contributed by atoms with Crippen molar-refractivity contribution in [3.63, 3.8) is 0 Å². The third kappa shape index (κ3) is 6.42. The summed E-state index contributed by atoms with van der Waals surface area (Å²) in [5.41, 5.74) is 0.964. The van der Waals surface area contributed by atoms with Gasteiger partial charge in [-0.25, -0.2) is 4.99 Å². The molecule has 160 valence electrons. The monoisotopic (exact) mass is 422 g/mol. The van der Waals surface area contributed by atoms with E-state index in [2.05, 4.69) is 15.6 Å². The lowest BCUT2D eigenvalue weighted by molar-refractivity contribution is -0.130. The molecule has 7 nitrogen and oxygen atoms in total. The molecule has 2 aliphatic rings. The van der Waals surface area contributed by atoms with Crippen molar-refractivity contribution in [2.75, 3.05) is 39.4 Å². The zero-order chi connectivity index (χ0) is 20.5. The van der Waals surface area contributed by atoms with Crippen LogP contribution in [0.4, 0.5) is 0 Å². The molecular formula is C21H31ClN4O3. The van der Waals surface area contributed by atoms with Gasteiger partial charge in [-0.15, -0.1) is 0 Å². The number of halogens is 1. The normalized spacial score (nSPS) is 17.1. The number of ether oxygens (including phenoxy) is 2. The maximum atomic E-state index is 12.1. The number of rotatable bonds is 7. The van der Waals surface area contributed by atoms with Gasteiger partial charge in [0.25, 0.3) is 0 Å². The van der Waals surface area contributed by atoms with Gasteiger partial charge in [-0.3, -0.25) is 4.79 Å². The first-order chi connectivity index (χ1) is 14.2. The van der Waals surface area contributed by atoms with Gasteiger partial charge in [0.1, 0.15) is 13.2 Å². The Morgan fingerprint density at radius 1 is 1.21 bits per heavy atom. The minimum Gasteiger partial charge on any atom is -0.486 e. The highest BCUT2D eigenvalue weighted by molar-refractivity contribution is 6.32. The number of guanidine groups is 1. The van der Waals surface area contributed by atoms with Crippen molar-refractivity contribution >= 4 is 23.5 Å². The third-order valence-electron chi connectivity index (χ3n) is 4.99. The highest BCUT2D eigenvalue weighted by Gasteiger charge is 2.17. The first kappa shape index (κ1) is 21.6. The number of amides is 1. The van der Waals surface area contributed by atoms with E-state index in [0.29, 0.717) is 48.6 Å². The standard InChI is InChI=1S/C21H31ClN4O3/c1-2-23-21(24-8-6-10-26-9-5-3-4-7-19(26)27)25-15-16-13-17(22)20-18(14-16)28-11-12-29-20/h13-14H,2-12,15H2,1H3,(H2,23,24,25). The number of hydrogen-bond acceptors (Lipinski definition) is 4. The van der Waals surface area contributed by atoms with Crippen LogP contribution in [0.1, 0.15) is 44.6 Å². The van der Waals surface area contributed by atoms with Crippen LogP contribution in [-0.4, -0.2) is 56.2 Å². The Hall–Kier alpha value is -2.15. The summed E-state index contributed by atoms with van der Waals surface area (Å²) < 4.78 is 11.2. The zero-order valence-electron chi connectivity index (χ0n) is 17.1. The maximum Gasteiger partial charge on any atom is 0.222 e. The van der Waals surface area contributed by atoms with Gasteiger partial charge in [0.05, 0.1) is 11.6 Å². The Kier molecular flexibility index (Phi) is 8.28. The van der Waals surface area contributed by atoms with Gasteiger partial charge in [-0.05, 0) is 43.9 Å². The van der Waals surface area contributed by atoms with E-state index in [9.17, 15) is 4.79 Å². The summed E-state index contributed by atoms with van der Waals surface area (Å²) >= 11 is 6.31. The Bertz CT molecular complexity index is 726. The number of likely N-dealkylation sites (tertiary alicyclic amines) is 1. The summed E-state index contributed by atoms with van der Waals surface area (Å²) in [4.78, 5) is 18.7. The first-order valence-corrected chi connectivity index (χ1v) is 10.9. The number of aliphatic imine (C=N–C) groups is 1. The van der Waals surface area contributed by atoms with E-state index in [1.54, 1.807) is 0 Å². The van der Waals surface area contributed by atoms with Crippen LogP contribution in [0.3, 0.4) is 0 Å². The lowest BCUT2D eigenvalue weighted by atomic mass is 10.2. The lowest BCUT2D eigenvalue weighted by Gasteiger charge is -2.21. The number of hydrogen-bond donors (Lipinski definition) is 2. The van der Waals surface area contributed by atoms with Crippen LogP contribution in [0.25, 0.3) is 0 Å². The molecule has 0 aliphatic carbocycles. The van der Waals surface area contributed by atoms with Gasteiger partial charge in [-0.2, -0.15) is 0 Å². The number of carbonyl (C=O) groups is 1. The molecular weight excluding hydrogens is 392 g/mol. The van der Waals surface area contributed by atoms with E-state index in [4.69, 9.17) is 21.1 Å². The van der Waals surface area contributed by atoms with Crippen LogP contribution < -0.4 is 20.1 Å². The molecule has 1 amide bonds. The molecule has 2 N–H and O–H groups in total. The molecule has 0 unspecified atom stereocenters. The average molecular weight is 423 g/mol. The molecule has 3 rings (SSSR count). The summed E-state index contributed by atoms with van der Waals surface area (Å²) in [5.74, 6) is 2.33. The second-order valence-corrected chi connectivity index (χ2v) is 7.68. The number of carbonyl (C=O) groups excluding carboxylic acids is 1. The highest BCUT2D eigenvalue weighted by Crippen LogP contribution is 2.38. The highest BCUT2D eigenvalue weighted by atomic mass is 35.5. The Morgan fingerprint density at radius 3 is 2.93 bits per heavy atom. The predicted octanol–water partition coefficient (Wildman–Crippen LogP) is 2.96. The maximum absolute atomic E-state index is 12.1. The molecule has 2 heterocycles. The summed E-state index contributed by atoms with van der Waals surface area (Å²) in [6, 6.07) is 3.80. The fourth-order valence-electron chi connectivity index (χ4n) is 3.52. The second-order valence-electron chi connectivity index (χ2n) is 7.27. The molecule has 8 heteroatoms. The molecule has 0 bridgehead atoms. The number of benzene rings is 1. The van der Waals surface area contributed by atoms with E-state index in [1.807, 2.05) is 24.0 Å². The third-order valence-corrected chi connectivity index (χ3v) is 5.27. The molecule has 1 fully saturated rings. The van der Waals surface area contributed by atoms with Crippen molar-refractivity contribution < 1.29 is 14.3 Å². The van der Waals surface area contributed by atoms with Crippen molar-refractivity contribution in [3.8, 4) is 11.5 Å². The minimum absolute atomic E-state index is 0.290. The van der Waals surface area contributed by atoms with Gasteiger partial charge in [-0.1, -0.05) is 18.0 Å². The molecule has 1 aromatic rings. The van der Waals surface area contributed by atoms with Crippen molar-refractivity contribution in [1.82, 2.24) is 15.5 Å². The number of nitrogens with one attached hydrogen (secondary N) is 2. The fourth-order valence-corrected chi connectivity index (χ4v) is 3.81. The van der Waals surface area contributed by atoms with Crippen molar-refractivity contribution in [1.29, 1.82) is 0 Å². The van der Waals surface area contributed by atoms with Crippen LogP contribution in [0.15, 0.2) is 17.1 Å². The number of nitrogens with zero attached hydrogens (tertiary/aromatic N) is 2. The predicted molar refractivity (Wildman–Crippen MR) is 115 cm³/mol. The van der Waals surface area contributed by atoms with E-state index in [0.717, 1.165) is 63.4 Å². The largest absolute Gasteiger partial charge is 0.486 e. The second kappa shape index (κ2) is 11.1. The smallest absolute Gasteiger partial charge is 0.222 e. The Morgan fingerprint density at radius 2 is 2.07 bits per heavy atom. The fraction of sp³-hybridized carbons (Fsp3) is 0.619. The van der Waals surface area contributed by atoms with Crippen LogP contribution in [0.5, 0.6) is 11.5 Å². The zero-order valence-corrected chi connectivity index (χ0v) is 17.9. The van der Waals surface area contributed by atoms with Gasteiger partial charge < -0.3 is 25.0 Å². The summed E-state index contributed by atoms with van der Waals surface area (Å²) in [6.07, 6.45) is 4.87. The van der Waals surface area contributed by atoms with Gasteiger partial charge in [0.2, 0.25) is 5.91 Å². The Labute approximate surface area is 177 Å². The van der Waals surface area contributed by atoms with Crippen molar-refractivity contribution in [3.05, 3.63) is 22.7 Å². The number of fused-ring (bicyclic) bond motifs is 1. The summed E-state index contributed by atoms with van der Waals surface area (Å²) in [6.45, 7) is 6.78. The molecule has 0 saturated carbocycles. The molecule has 0 atom stereocenters.